The van der Waals surface area contributed by atoms with Crippen LogP contribution in [0.5, 0.6) is 0 Å². The van der Waals surface area contributed by atoms with Crippen LogP contribution >= 0.6 is 0 Å². The van der Waals surface area contributed by atoms with Crippen molar-refractivity contribution >= 4 is 11.6 Å². The first kappa shape index (κ1) is 36.1. The summed E-state index contributed by atoms with van der Waals surface area (Å²) in [4.78, 5) is 19.6. The Labute approximate surface area is 244 Å². The van der Waals surface area contributed by atoms with Gasteiger partial charge in [0.2, 0.25) is 0 Å². The molecule has 0 aromatic rings. The molecule has 230 valence electrons. The van der Waals surface area contributed by atoms with Crippen LogP contribution in [0.15, 0.2) is 4.99 Å². The number of rotatable bonds is 30. The zero-order chi connectivity index (χ0) is 28.2. The van der Waals surface area contributed by atoms with Gasteiger partial charge in [0.15, 0.2) is 5.78 Å². The maximum atomic E-state index is 12.6. The molecule has 1 aliphatic rings. The Kier molecular flexibility index (Phi) is 25.3. The molecule has 0 spiro atoms. The Morgan fingerprint density at radius 3 is 1.46 bits per heavy atom. The van der Waals surface area contributed by atoms with E-state index in [2.05, 4.69) is 18.7 Å². The van der Waals surface area contributed by atoms with Crippen molar-refractivity contribution in [2.75, 3.05) is 19.6 Å². The van der Waals surface area contributed by atoms with E-state index in [9.17, 15) is 4.79 Å². The van der Waals surface area contributed by atoms with Crippen LogP contribution in [0.4, 0.5) is 0 Å². The third kappa shape index (κ3) is 21.5. The van der Waals surface area contributed by atoms with Crippen LogP contribution in [0.1, 0.15) is 187 Å². The molecule has 1 heterocycles. The van der Waals surface area contributed by atoms with Crippen molar-refractivity contribution in [2.45, 2.75) is 193 Å². The van der Waals surface area contributed by atoms with Gasteiger partial charge in [0.1, 0.15) is 0 Å². The first-order valence-electron chi connectivity index (χ1n) is 17.8. The molecule has 1 atom stereocenters. The molecule has 2 N–H and O–H groups in total. The number of nitrogens with two attached hydrogens (primary N) is 1. The normalized spacial score (nSPS) is 14.2. The topological polar surface area (TPSA) is 58.7 Å². The van der Waals surface area contributed by atoms with E-state index in [4.69, 9.17) is 10.7 Å². The summed E-state index contributed by atoms with van der Waals surface area (Å²) < 4.78 is 0. The number of nitrogens with zero attached hydrogens (tertiary/aromatic N) is 2. The second kappa shape index (κ2) is 27.3. The summed E-state index contributed by atoms with van der Waals surface area (Å²) in [6, 6.07) is -0.354. The Morgan fingerprint density at radius 1 is 0.641 bits per heavy atom. The highest BCUT2D eigenvalue weighted by Gasteiger charge is 2.22. The molecule has 1 unspecified atom stereocenters. The third-order valence-electron chi connectivity index (χ3n) is 8.64. The summed E-state index contributed by atoms with van der Waals surface area (Å²) in [6.07, 6.45) is 35.6. The lowest BCUT2D eigenvalue weighted by Crippen LogP contribution is -2.44. The van der Waals surface area contributed by atoms with Crippen molar-refractivity contribution in [1.29, 1.82) is 0 Å². The van der Waals surface area contributed by atoms with Crippen LogP contribution in [0.25, 0.3) is 0 Å². The number of hydrogen-bond acceptors (Lipinski definition) is 4. The van der Waals surface area contributed by atoms with E-state index in [1.54, 1.807) is 0 Å². The summed E-state index contributed by atoms with van der Waals surface area (Å²) in [5.74, 6) is 1.45. The number of carbonyl (C=O) groups excluding carboxylic acids is 1. The van der Waals surface area contributed by atoms with Gasteiger partial charge in [-0.1, -0.05) is 162 Å². The maximum Gasteiger partial charge on any atom is 0.151 e. The minimum absolute atomic E-state index is 0.245. The van der Waals surface area contributed by atoms with E-state index in [1.165, 1.54) is 160 Å². The monoisotopic (exact) mass is 548 g/mol. The molecule has 0 aromatic carbocycles. The van der Waals surface area contributed by atoms with Gasteiger partial charge < -0.3 is 10.6 Å². The Hall–Kier alpha value is -0.900. The maximum absolute atomic E-state index is 12.6. The van der Waals surface area contributed by atoms with Gasteiger partial charge in [-0.25, -0.2) is 0 Å². The summed E-state index contributed by atoms with van der Waals surface area (Å²) in [7, 11) is 0. The number of unbranched alkanes of at least 4 members (excludes halogenated alkanes) is 23. The second-order valence-electron chi connectivity index (χ2n) is 12.4. The molecule has 0 amide bonds. The zero-order valence-corrected chi connectivity index (χ0v) is 26.7. The van der Waals surface area contributed by atoms with Crippen LogP contribution in [0.3, 0.4) is 0 Å². The van der Waals surface area contributed by atoms with Gasteiger partial charge in [0.05, 0.1) is 18.4 Å². The molecule has 4 nitrogen and oxygen atoms in total. The fourth-order valence-electron chi connectivity index (χ4n) is 5.93. The highest BCUT2D eigenvalue weighted by atomic mass is 16.1. The first-order chi connectivity index (χ1) is 19.2. The number of aliphatic imine (C=N–C) groups is 1. The minimum atomic E-state index is -0.354. The van der Waals surface area contributed by atoms with Crippen molar-refractivity contribution in [3.8, 4) is 0 Å². The van der Waals surface area contributed by atoms with E-state index in [1.807, 2.05) is 0 Å². The molecule has 0 bridgehead atoms. The zero-order valence-electron chi connectivity index (χ0n) is 26.7. The van der Waals surface area contributed by atoms with E-state index in [-0.39, 0.29) is 11.8 Å². The Bertz CT molecular complexity index is 576. The smallest absolute Gasteiger partial charge is 0.151 e. The second-order valence-corrected chi connectivity index (χ2v) is 12.4. The van der Waals surface area contributed by atoms with Crippen LogP contribution < -0.4 is 5.73 Å². The highest BCUT2D eigenvalue weighted by molar-refractivity contribution is 5.87. The van der Waals surface area contributed by atoms with Crippen LogP contribution in [0.2, 0.25) is 0 Å². The highest BCUT2D eigenvalue weighted by Crippen LogP contribution is 2.16. The van der Waals surface area contributed by atoms with Crippen molar-refractivity contribution < 1.29 is 4.79 Å². The average Bonchev–Trinajstić information content (AvgIpc) is 3.38. The number of amidine groups is 1. The van der Waals surface area contributed by atoms with Gasteiger partial charge in [-0.2, -0.15) is 0 Å². The number of hydrogen-bond donors (Lipinski definition) is 1. The van der Waals surface area contributed by atoms with Crippen molar-refractivity contribution in [1.82, 2.24) is 4.90 Å². The van der Waals surface area contributed by atoms with Crippen molar-refractivity contribution in [2.24, 2.45) is 10.7 Å². The molecular formula is C35H69N3O. The van der Waals surface area contributed by atoms with E-state index in [0.29, 0.717) is 13.0 Å². The lowest BCUT2D eigenvalue weighted by atomic mass is 10.0. The van der Waals surface area contributed by atoms with Gasteiger partial charge in [0, 0.05) is 25.9 Å². The molecule has 0 saturated carbocycles. The SMILES string of the molecule is CCCCCCCCCCCCCCCC(=O)C(N)CN1CCN=C1CCCCCCCCCCCCCC. The Balaban J connectivity index is 1.96. The van der Waals surface area contributed by atoms with Crippen LogP contribution in [-0.2, 0) is 4.79 Å². The van der Waals surface area contributed by atoms with Crippen molar-refractivity contribution in [3.63, 3.8) is 0 Å². The lowest BCUT2D eigenvalue weighted by Gasteiger charge is -2.23. The van der Waals surface area contributed by atoms with Crippen LogP contribution in [-0.4, -0.2) is 42.2 Å². The van der Waals surface area contributed by atoms with Gasteiger partial charge in [-0.3, -0.25) is 9.79 Å². The van der Waals surface area contributed by atoms with Gasteiger partial charge in [0.25, 0.3) is 0 Å². The number of ketones is 1. The van der Waals surface area contributed by atoms with Gasteiger partial charge in [-0.15, -0.1) is 0 Å². The molecule has 0 saturated heterocycles. The van der Waals surface area contributed by atoms with E-state index >= 15 is 0 Å². The standard InChI is InChI=1S/C35H69N3O/c1-3-5-7-9-11-13-15-17-18-20-22-24-26-28-34(39)33(36)32-38-31-30-37-35(38)29-27-25-23-21-19-16-14-12-10-8-6-4-2/h33H,3-32,36H2,1-2H3. The molecule has 0 fully saturated rings. The third-order valence-corrected chi connectivity index (χ3v) is 8.64. The van der Waals surface area contributed by atoms with E-state index < -0.39 is 0 Å². The van der Waals surface area contributed by atoms with Gasteiger partial charge in [-0.05, 0) is 12.8 Å². The predicted octanol–water partition coefficient (Wildman–Crippen LogP) is 10.2. The molecule has 0 aromatic heterocycles. The fourth-order valence-corrected chi connectivity index (χ4v) is 5.93. The largest absolute Gasteiger partial charge is 0.356 e. The summed E-state index contributed by atoms with van der Waals surface area (Å²) in [6.45, 7) is 7.04. The summed E-state index contributed by atoms with van der Waals surface area (Å²) in [5, 5.41) is 0. The van der Waals surface area contributed by atoms with Crippen LogP contribution in [0, 0.1) is 0 Å². The predicted molar refractivity (Wildman–Crippen MR) is 173 cm³/mol. The number of carbonyl (C=O) groups is 1. The van der Waals surface area contributed by atoms with E-state index in [0.717, 1.165) is 25.9 Å². The van der Waals surface area contributed by atoms with Gasteiger partial charge >= 0.3 is 0 Å². The Morgan fingerprint density at radius 2 is 1.03 bits per heavy atom. The molecule has 0 radical (unpaired) electrons. The molecule has 1 rings (SSSR count). The molecule has 4 heteroatoms. The lowest BCUT2D eigenvalue weighted by molar-refractivity contribution is -0.120. The molecule has 1 aliphatic heterocycles. The summed E-state index contributed by atoms with van der Waals surface area (Å²) in [5.41, 5.74) is 6.33. The quantitative estimate of drug-likeness (QED) is 0.0910. The molecule has 0 aliphatic carbocycles. The minimum Gasteiger partial charge on any atom is -0.356 e. The van der Waals surface area contributed by atoms with Crippen molar-refractivity contribution in [3.05, 3.63) is 0 Å². The molecule has 39 heavy (non-hydrogen) atoms. The first-order valence-corrected chi connectivity index (χ1v) is 17.8. The number of Topliss-reactive ketones (excluding diaryl/α,β-unsaturated/α-hetero) is 1. The fraction of sp³-hybridized carbons (Fsp3) is 0.943. The average molecular weight is 548 g/mol. The summed E-state index contributed by atoms with van der Waals surface area (Å²) >= 11 is 0. The molecular weight excluding hydrogens is 478 g/mol.